The number of ether oxygens (including phenoxy) is 2. The number of amides is 1. The Hall–Kier alpha value is -2.92. The van der Waals surface area contributed by atoms with Gasteiger partial charge in [0.1, 0.15) is 12.4 Å². The summed E-state index contributed by atoms with van der Waals surface area (Å²) in [6.07, 6.45) is 0. The van der Waals surface area contributed by atoms with Crippen molar-refractivity contribution in [3.05, 3.63) is 82.8 Å². The molecule has 0 unspecified atom stereocenters. The highest BCUT2D eigenvalue weighted by Crippen LogP contribution is 2.26. The second kappa shape index (κ2) is 8.45. The summed E-state index contributed by atoms with van der Waals surface area (Å²) in [5.74, 6) is 1.74. The molecule has 1 N–H and O–H groups in total. The van der Waals surface area contributed by atoms with Gasteiger partial charge < -0.3 is 19.2 Å². The van der Waals surface area contributed by atoms with Crippen molar-refractivity contribution in [1.82, 2.24) is 5.32 Å². The lowest BCUT2D eigenvalue weighted by Gasteiger charge is -2.08. The molecule has 0 bridgehead atoms. The first-order valence-electron chi connectivity index (χ1n) is 8.03. The predicted octanol–water partition coefficient (Wildman–Crippen LogP) is 4.45. The molecule has 0 atom stereocenters. The highest BCUT2D eigenvalue weighted by atomic mass is 35.5. The van der Waals surface area contributed by atoms with Gasteiger partial charge in [0, 0.05) is 11.6 Å². The zero-order chi connectivity index (χ0) is 18.4. The minimum absolute atomic E-state index is 0.199. The van der Waals surface area contributed by atoms with Gasteiger partial charge in [0.25, 0.3) is 5.91 Å². The molecule has 0 spiro atoms. The molecule has 1 heterocycles. The molecule has 0 aliphatic heterocycles. The van der Waals surface area contributed by atoms with Crippen molar-refractivity contribution < 1.29 is 18.7 Å². The van der Waals surface area contributed by atoms with Gasteiger partial charge in [-0.2, -0.15) is 0 Å². The number of rotatable bonds is 7. The van der Waals surface area contributed by atoms with Gasteiger partial charge >= 0.3 is 0 Å². The van der Waals surface area contributed by atoms with Crippen molar-refractivity contribution in [2.75, 3.05) is 7.11 Å². The van der Waals surface area contributed by atoms with E-state index < -0.39 is 0 Å². The van der Waals surface area contributed by atoms with Crippen LogP contribution in [0.5, 0.6) is 11.5 Å². The zero-order valence-electron chi connectivity index (χ0n) is 14.2. The van der Waals surface area contributed by atoms with Gasteiger partial charge in [-0.05, 0) is 42.0 Å². The smallest absolute Gasteiger partial charge is 0.287 e. The van der Waals surface area contributed by atoms with E-state index in [2.05, 4.69) is 5.32 Å². The summed E-state index contributed by atoms with van der Waals surface area (Å²) in [5.41, 5.74) is 0.953. The second-order valence-corrected chi connectivity index (χ2v) is 5.95. The van der Waals surface area contributed by atoms with E-state index in [1.54, 1.807) is 31.4 Å². The quantitative estimate of drug-likeness (QED) is 0.666. The van der Waals surface area contributed by atoms with Gasteiger partial charge in [-0.15, -0.1) is 0 Å². The van der Waals surface area contributed by atoms with Crippen LogP contribution in [0.4, 0.5) is 0 Å². The van der Waals surface area contributed by atoms with E-state index in [9.17, 15) is 4.79 Å². The maximum absolute atomic E-state index is 12.2. The summed E-state index contributed by atoms with van der Waals surface area (Å²) < 4.78 is 16.5. The van der Waals surface area contributed by atoms with Gasteiger partial charge in [-0.1, -0.05) is 35.9 Å². The normalized spacial score (nSPS) is 10.4. The number of halogens is 1. The van der Waals surface area contributed by atoms with Crippen molar-refractivity contribution in [3.8, 4) is 11.5 Å². The van der Waals surface area contributed by atoms with Crippen molar-refractivity contribution in [2.24, 2.45) is 0 Å². The Labute approximate surface area is 156 Å². The maximum atomic E-state index is 12.2. The predicted molar refractivity (Wildman–Crippen MR) is 98.7 cm³/mol. The van der Waals surface area contributed by atoms with Crippen molar-refractivity contribution in [2.45, 2.75) is 13.2 Å². The topological polar surface area (TPSA) is 60.7 Å². The molecular formula is C20H18ClNO4. The third-order valence-corrected chi connectivity index (χ3v) is 3.94. The maximum Gasteiger partial charge on any atom is 0.287 e. The largest absolute Gasteiger partial charge is 0.493 e. The van der Waals surface area contributed by atoms with Crippen LogP contribution < -0.4 is 14.8 Å². The second-order valence-electron chi connectivity index (χ2n) is 5.51. The molecule has 134 valence electrons. The Bertz CT molecular complexity index is 874. The van der Waals surface area contributed by atoms with Crippen LogP contribution in [0.3, 0.4) is 0 Å². The third-order valence-electron chi connectivity index (χ3n) is 3.69. The Morgan fingerprint density at radius 2 is 1.77 bits per heavy atom. The fourth-order valence-electron chi connectivity index (χ4n) is 2.34. The van der Waals surface area contributed by atoms with Gasteiger partial charge in [-0.3, -0.25) is 4.79 Å². The van der Waals surface area contributed by atoms with E-state index in [-0.39, 0.29) is 18.3 Å². The van der Waals surface area contributed by atoms with Crippen molar-refractivity contribution in [1.29, 1.82) is 0 Å². The first kappa shape index (κ1) is 17.9. The lowest BCUT2D eigenvalue weighted by Crippen LogP contribution is -2.22. The number of para-hydroxylation sites is 2. The molecule has 0 aliphatic carbocycles. The number of methoxy groups -OCH3 is 1. The number of hydrogen-bond donors (Lipinski definition) is 1. The third kappa shape index (κ3) is 4.58. The van der Waals surface area contributed by atoms with E-state index in [4.69, 9.17) is 25.5 Å². The fourth-order valence-corrected chi connectivity index (χ4v) is 2.46. The molecular weight excluding hydrogens is 354 g/mol. The molecule has 3 aromatic rings. The van der Waals surface area contributed by atoms with Gasteiger partial charge in [-0.25, -0.2) is 0 Å². The van der Waals surface area contributed by atoms with Crippen LogP contribution in [0.15, 0.2) is 65.1 Å². The monoisotopic (exact) mass is 371 g/mol. The van der Waals surface area contributed by atoms with Gasteiger partial charge in [0.2, 0.25) is 0 Å². The van der Waals surface area contributed by atoms with Crippen LogP contribution in [-0.2, 0) is 13.2 Å². The van der Waals surface area contributed by atoms with Crippen LogP contribution in [-0.4, -0.2) is 13.0 Å². The molecule has 5 nitrogen and oxygen atoms in total. The average molecular weight is 372 g/mol. The standard InChI is InChI=1S/C20H18ClNO4/c1-24-17-4-2-3-5-18(17)25-13-16-10-11-19(26-16)20(23)22-12-14-6-8-15(21)9-7-14/h2-11H,12-13H2,1H3,(H,22,23). The van der Waals surface area contributed by atoms with E-state index in [0.717, 1.165) is 5.56 Å². The minimum Gasteiger partial charge on any atom is -0.493 e. The van der Waals surface area contributed by atoms with E-state index in [1.165, 1.54) is 0 Å². The van der Waals surface area contributed by atoms with Crippen LogP contribution in [0.1, 0.15) is 21.9 Å². The first-order chi connectivity index (χ1) is 12.7. The van der Waals surface area contributed by atoms with E-state index >= 15 is 0 Å². The van der Waals surface area contributed by atoms with Gasteiger partial charge in [0.05, 0.1) is 7.11 Å². The van der Waals surface area contributed by atoms with Crippen LogP contribution in [0, 0.1) is 0 Å². The highest BCUT2D eigenvalue weighted by molar-refractivity contribution is 6.30. The number of carbonyl (C=O) groups excluding carboxylic acids is 1. The Morgan fingerprint density at radius 3 is 2.50 bits per heavy atom. The molecule has 0 aliphatic rings. The Morgan fingerprint density at radius 1 is 1.04 bits per heavy atom. The van der Waals surface area contributed by atoms with Crippen LogP contribution in [0.25, 0.3) is 0 Å². The molecule has 0 fully saturated rings. The fraction of sp³-hybridized carbons (Fsp3) is 0.150. The molecule has 0 saturated heterocycles. The summed E-state index contributed by atoms with van der Waals surface area (Å²) >= 11 is 5.84. The molecule has 3 rings (SSSR count). The number of furan rings is 1. The molecule has 0 radical (unpaired) electrons. The summed E-state index contributed by atoms with van der Waals surface area (Å²) in [6, 6.07) is 18.0. The minimum atomic E-state index is -0.288. The zero-order valence-corrected chi connectivity index (χ0v) is 15.0. The summed E-state index contributed by atoms with van der Waals surface area (Å²) in [5, 5.41) is 3.46. The summed E-state index contributed by atoms with van der Waals surface area (Å²) in [6.45, 7) is 0.592. The lowest BCUT2D eigenvalue weighted by molar-refractivity contribution is 0.0919. The number of hydrogen-bond acceptors (Lipinski definition) is 4. The Balaban J connectivity index is 1.55. The SMILES string of the molecule is COc1ccccc1OCc1ccc(C(=O)NCc2ccc(Cl)cc2)o1. The van der Waals surface area contributed by atoms with Crippen LogP contribution in [0.2, 0.25) is 5.02 Å². The number of carbonyl (C=O) groups is 1. The van der Waals surface area contributed by atoms with Crippen molar-refractivity contribution in [3.63, 3.8) is 0 Å². The molecule has 0 saturated carbocycles. The molecule has 2 aromatic carbocycles. The first-order valence-corrected chi connectivity index (χ1v) is 8.40. The summed E-state index contributed by atoms with van der Waals surface area (Å²) in [7, 11) is 1.58. The van der Waals surface area contributed by atoms with E-state index in [1.807, 2.05) is 36.4 Å². The molecule has 6 heteroatoms. The van der Waals surface area contributed by atoms with Crippen LogP contribution >= 0.6 is 11.6 Å². The average Bonchev–Trinajstić information content (AvgIpc) is 3.15. The Kier molecular flexibility index (Phi) is 5.81. The number of nitrogens with one attached hydrogen (secondary N) is 1. The van der Waals surface area contributed by atoms with E-state index in [0.29, 0.717) is 28.8 Å². The number of benzene rings is 2. The molecule has 1 aromatic heterocycles. The molecule has 1 amide bonds. The highest BCUT2D eigenvalue weighted by Gasteiger charge is 2.12. The lowest BCUT2D eigenvalue weighted by atomic mass is 10.2. The molecule has 26 heavy (non-hydrogen) atoms. The van der Waals surface area contributed by atoms with Crippen molar-refractivity contribution >= 4 is 17.5 Å². The van der Waals surface area contributed by atoms with Gasteiger partial charge in [0.15, 0.2) is 17.3 Å². The summed E-state index contributed by atoms with van der Waals surface area (Å²) in [4.78, 5) is 12.2.